The number of ether oxygens (including phenoxy) is 2. The Labute approximate surface area is 339 Å². The number of quaternary nitrogens is 1. The van der Waals surface area contributed by atoms with Crippen LogP contribution in [0, 0.1) is 0 Å². The molecule has 2 unspecified atom stereocenters. The van der Waals surface area contributed by atoms with Crippen molar-refractivity contribution < 1.29 is 37.3 Å². The van der Waals surface area contributed by atoms with E-state index in [0.29, 0.717) is 17.4 Å². The van der Waals surface area contributed by atoms with Crippen molar-refractivity contribution in [3.8, 4) is 0 Å². The van der Waals surface area contributed by atoms with Gasteiger partial charge in [-0.25, -0.2) is 4.57 Å². The van der Waals surface area contributed by atoms with Gasteiger partial charge in [0.05, 0.1) is 34.0 Å². The standard InChI is InChI=1S/C46H84NO7P/c1-6-8-10-12-14-16-18-20-22-24-25-27-29-31-33-35-37-39-46(48)52-43-45(44-54-55(49,50)53-42-40-47(3,4)5)51-41-38-36-34-32-30-28-26-23-21-19-17-15-13-11-9-7-2/h8,10,14,16,20,22,25,27,38,41,45H,6-7,9,11-13,15,17-19,21,23-24,26,28-37,39-40,42-44H2,1-5H3/p+1/b10-8-,16-14-,22-20-,27-25-,41-38-. The number of phosphoric ester groups is 1. The predicted molar refractivity (Wildman–Crippen MR) is 233 cm³/mol. The maximum atomic E-state index is 12.5. The summed E-state index contributed by atoms with van der Waals surface area (Å²) in [6.07, 6.45) is 49.3. The van der Waals surface area contributed by atoms with Gasteiger partial charge < -0.3 is 18.9 Å². The molecule has 2 atom stereocenters. The first kappa shape index (κ1) is 53.0. The van der Waals surface area contributed by atoms with Crippen LogP contribution in [0.15, 0.2) is 60.9 Å². The minimum atomic E-state index is -4.27. The van der Waals surface area contributed by atoms with Crippen LogP contribution in [0.1, 0.15) is 174 Å². The molecule has 0 aromatic carbocycles. The highest BCUT2D eigenvalue weighted by Crippen LogP contribution is 2.43. The molecule has 8 nitrogen and oxygen atoms in total. The Bertz CT molecular complexity index is 1060. The number of rotatable bonds is 40. The number of carbonyl (C=O) groups is 1. The van der Waals surface area contributed by atoms with Crippen LogP contribution in [0.5, 0.6) is 0 Å². The molecular weight excluding hydrogens is 709 g/mol. The summed E-state index contributed by atoms with van der Waals surface area (Å²) in [6.45, 7) is 4.76. The molecule has 9 heteroatoms. The van der Waals surface area contributed by atoms with E-state index in [2.05, 4.69) is 62.5 Å². The van der Waals surface area contributed by atoms with Gasteiger partial charge in [0.2, 0.25) is 0 Å². The number of hydrogen-bond donors (Lipinski definition) is 1. The summed E-state index contributed by atoms with van der Waals surface area (Å²) in [5.74, 6) is -0.301. The number of allylic oxidation sites excluding steroid dienone is 9. The Morgan fingerprint density at radius 3 is 1.60 bits per heavy atom. The third-order valence-electron chi connectivity index (χ3n) is 9.18. The third kappa shape index (κ3) is 43.0. The zero-order chi connectivity index (χ0) is 40.6. The summed E-state index contributed by atoms with van der Waals surface area (Å²) in [6, 6.07) is 0. The van der Waals surface area contributed by atoms with E-state index in [0.717, 1.165) is 70.6 Å². The third-order valence-corrected chi connectivity index (χ3v) is 10.2. The smallest absolute Gasteiger partial charge is 0.472 e. The summed E-state index contributed by atoms with van der Waals surface area (Å²) < 4.78 is 34.8. The number of phosphoric acid groups is 1. The largest absolute Gasteiger partial charge is 0.492 e. The van der Waals surface area contributed by atoms with Crippen molar-refractivity contribution in [1.82, 2.24) is 0 Å². The van der Waals surface area contributed by atoms with Crippen molar-refractivity contribution in [3.05, 3.63) is 60.9 Å². The average molecular weight is 795 g/mol. The molecule has 0 amide bonds. The van der Waals surface area contributed by atoms with Gasteiger partial charge in [-0.3, -0.25) is 13.8 Å². The number of carbonyl (C=O) groups excluding carboxylic acids is 1. The van der Waals surface area contributed by atoms with Crippen LogP contribution < -0.4 is 0 Å². The van der Waals surface area contributed by atoms with Crippen molar-refractivity contribution in [2.75, 3.05) is 47.5 Å². The van der Waals surface area contributed by atoms with E-state index < -0.39 is 13.9 Å². The molecule has 55 heavy (non-hydrogen) atoms. The number of likely N-dealkylation sites (N-methyl/N-ethyl adjacent to an activating group) is 1. The van der Waals surface area contributed by atoms with Gasteiger partial charge in [-0.05, 0) is 63.9 Å². The van der Waals surface area contributed by atoms with E-state index in [1.54, 1.807) is 6.26 Å². The second-order valence-electron chi connectivity index (χ2n) is 15.8. The Hall–Kier alpha value is -1.96. The predicted octanol–water partition coefficient (Wildman–Crippen LogP) is 13.3. The van der Waals surface area contributed by atoms with Crippen molar-refractivity contribution >= 4 is 13.8 Å². The van der Waals surface area contributed by atoms with E-state index >= 15 is 0 Å². The molecule has 0 heterocycles. The van der Waals surface area contributed by atoms with E-state index in [1.807, 2.05) is 27.2 Å². The number of nitrogens with zero attached hydrogens (tertiary/aromatic N) is 1. The monoisotopic (exact) mass is 795 g/mol. The fourth-order valence-corrected chi connectivity index (χ4v) is 6.45. The SMILES string of the molecule is CC/C=C\C/C=C\C/C=C\C/C=C\CCCCCCC(=O)OCC(COP(=O)(O)OCC[N+](C)(C)C)O/C=C\CCCCCCCCCCCCCCCC. The van der Waals surface area contributed by atoms with Crippen LogP contribution in [0.2, 0.25) is 0 Å². The molecule has 0 aliphatic rings. The van der Waals surface area contributed by atoms with Gasteiger partial charge in [0.1, 0.15) is 19.8 Å². The van der Waals surface area contributed by atoms with Crippen molar-refractivity contribution in [1.29, 1.82) is 0 Å². The first-order chi connectivity index (χ1) is 26.6. The Kier molecular flexibility index (Phi) is 37.5. The van der Waals surface area contributed by atoms with E-state index in [-0.39, 0.29) is 25.8 Å². The summed E-state index contributed by atoms with van der Waals surface area (Å²) in [7, 11) is 1.65. The van der Waals surface area contributed by atoms with Crippen molar-refractivity contribution in [2.45, 2.75) is 180 Å². The van der Waals surface area contributed by atoms with Crippen LogP contribution >= 0.6 is 7.82 Å². The molecule has 0 bridgehead atoms. The van der Waals surface area contributed by atoms with Gasteiger partial charge in [-0.15, -0.1) is 0 Å². The summed E-state index contributed by atoms with van der Waals surface area (Å²) in [5, 5.41) is 0. The number of esters is 1. The van der Waals surface area contributed by atoms with Crippen LogP contribution in [0.4, 0.5) is 0 Å². The van der Waals surface area contributed by atoms with Crippen LogP contribution in [-0.4, -0.2) is 69.0 Å². The fraction of sp³-hybridized carbons (Fsp3) is 0.761. The number of unbranched alkanes of at least 4 members (excludes halogenated alkanes) is 18. The zero-order valence-corrected chi connectivity index (χ0v) is 37.0. The minimum absolute atomic E-state index is 0.0628. The van der Waals surface area contributed by atoms with E-state index in [4.69, 9.17) is 18.5 Å². The van der Waals surface area contributed by atoms with Crippen LogP contribution in [0.3, 0.4) is 0 Å². The molecule has 0 fully saturated rings. The maximum absolute atomic E-state index is 12.5. The highest BCUT2D eigenvalue weighted by Gasteiger charge is 2.25. The number of hydrogen-bond acceptors (Lipinski definition) is 6. The van der Waals surface area contributed by atoms with Gasteiger partial charge in [-0.1, -0.05) is 159 Å². The lowest BCUT2D eigenvalue weighted by atomic mass is 10.0. The first-order valence-electron chi connectivity index (χ1n) is 22.1. The van der Waals surface area contributed by atoms with Gasteiger partial charge in [0, 0.05) is 6.42 Å². The van der Waals surface area contributed by atoms with E-state index in [9.17, 15) is 14.3 Å². The molecule has 0 rings (SSSR count). The van der Waals surface area contributed by atoms with Gasteiger partial charge in [-0.2, -0.15) is 0 Å². The van der Waals surface area contributed by atoms with Crippen molar-refractivity contribution in [2.24, 2.45) is 0 Å². The lowest BCUT2D eigenvalue weighted by Crippen LogP contribution is -2.37. The topological polar surface area (TPSA) is 91.3 Å². The molecular formula is C46H85NO7P+. The minimum Gasteiger partial charge on any atom is -0.492 e. The lowest BCUT2D eigenvalue weighted by Gasteiger charge is -2.24. The normalized spacial score (nSPS) is 14.3. The second-order valence-corrected chi connectivity index (χ2v) is 17.2. The average Bonchev–Trinajstić information content (AvgIpc) is 3.14. The van der Waals surface area contributed by atoms with Crippen LogP contribution in [-0.2, 0) is 27.9 Å². The maximum Gasteiger partial charge on any atom is 0.472 e. The van der Waals surface area contributed by atoms with Crippen LogP contribution in [0.25, 0.3) is 0 Å². The molecule has 0 aliphatic heterocycles. The summed E-state index contributed by atoms with van der Waals surface area (Å²) >= 11 is 0. The molecule has 1 N–H and O–H groups in total. The molecule has 0 aromatic rings. The molecule has 0 aromatic heterocycles. The first-order valence-corrected chi connectivity index (χ1v) is 23.6. The molecule has 320 valence electrons. The van der Waals surface area contributed by atoms with E-state index in [1.165, 1.54) is 83.5 Å². The lowest BCUT2D eigenvalue weighted by molar-refractivity contribution is -0.870. The second kappa shape index (κ2) is 38.9. The fourth-order valence-electron chi connectivity index (χ4n) is 5.70. The molecule has 0 radical (unpaired) electrons. The molecule has 0 saturated heterocycles. The van der Waals surface area contributed by atoms with Gasteiger partial charge in [0.15, 0.2) is 6.10 Å². The summed E-state index contributed by atoms with van der Waals surface area (Å²) in [5.41, 5.74) is 0. The molecule has 0 aliphatic carbocycles. The highest BCUT2D eigenvalue weighted by molar-refractivity contribution is 7.47. The quantitative estimate of drug-likeness (QED) is 0.0165. The molecule has 0 spiro atoms. The summed E-state index contributed by atoms with van der Waals surface area (Å²) in [4.78, 5) is 22.7. The van der Waals surface area contributed by atoms with Crippen molar-refractivity contribution in [3.63, 3.8) is 0 Å². The Balaban J connectivity index is 4.33. The Morgan fingerprint density at radius 2 is 1.07 bits per heavy atom. The highest BCUT2D eigenvalue weighted by atomic mass is 31.2. The van der Waals surface area contributed by atoms with Gasteiger partial charge >= 0.3 is 13.8 Å². The molecule has 0 saturated carbocycles. The Morgan fingerprint density at radius 1 is 0.600 bits per heavy atom. The zero-order valence-electron chi connectivity index (χ0n) is 36.1. The van der Waals surface area contributed by atoms with Gasteiger partial charge in [0.25, 0.3) is 0 Å².